The minimum atomic E-state index is -3.64. The standard InChI is InChI=1S/C16H20N2O4S/c1-18(23(20,21)15-9-3-2-4-10-15)13-16(19)17-11-5-7-14-8-6-12-22-14/h2-4,6,8-10,12H,5,7,11,13H2,1H3,(H,17,19). The normalized spacial score (nSPS) is 11.6. The first-order chi connectivity index (χ1) is 11.0. The van der Waals surface area contributed by atoms with Crippen LogP contribution < -0.4 is 5.32 Å². The van der Waals surface area contributed by atoms with Gasteiger partial charge in [0.15, 0.2) is 0 Å². The Kier molecular flexibility index (Phi) is 5.95. The third-order valence-corrected chi connectivity index (χ3v) is 5.14. The Morgan fingerprint density at radius 2 is 1.91 bits per heavy atom. The van der Waals surface area contributed by atoms with Crippen LogP contribution in [-0.4, -0.2) is 38.8 Å². The number of nitrogens with zero attached hydrogens (tertiary/aromatic N) is 1. The van der Waals surface area contributed by atoms with E-state index in [1.54, 1.807) is 24.5 Å². The Morgan fingerprint density at radius 1 is 1.17 bits per heavy atom. The lowest BCUT2D eigenvalue weighted by molar-refractivity contribution is -0.121. The molecule has 1 aromatic carbocycles. The van der Waals surface area contributed by atoms with Crippen LogP contribution in [0.2, 0.25) is 0 Å². The van der Waals surface area contributed by atoms with E-state index in [4.69, 9.17) is 4.42 Å². The summed E-state index contributed by atoms with van der Waals surface area (Å²) in [6, 6.07) is 11.7. The summed E-state index contributed by atoms with van der Waals surface area (Å²) in [6.07, 6.45) is 3.07. The number of hydrogen-bond acceptors (Lipinski definition) is 4. The maximum absolute atomic E-state index is 12.3. The molecule has 23 heavy (non-hydrogen) atoms. The van der Waals surface area contributed by atoms with Gasteiger partial charge in [-0.1, -0.05) is 18.2 Å². The minimum Gasteiger partial charge on any atom is -0.469 e. The van der Waals surface area contributed by atoms with Gasteiger partial charge in [-0.05, 0) is 30.7 Å². The van der Waals surface area contributed by atoms with E-state index in [0.29, 0.717) is 6.54 Å². The van der Waals surface area contributed by atoms with Crippen molar-refractivity contribution in [1.29, 1.82) is 0 Å². The lowest BCUT2D eigenvalue weighted by Gasteiger charge is -2.16. The molecule has 0 atom stereocenters. The molecule has 1 heterocycles. The lowest BCUT2D eigenvalue weighted by Crippen LogP contribution is -2.38. The average Bonchev–Trinajstić information content (AvgIpc) is 3.05. The van der Waals surface area contributed by atoms with Crippen molar-refractivity contribution in [2.24, 2.45) is 0 Å². The van der Waals surface area contributed by atoms with Crippen LogP contribution in [0.1, 0.15) is 12.2 Å². The monoisotopic (exact) mass is 336 g/mol. The van der Waals surface area contributed by atoms with Gasteiger partial charge in [0.05, 0.1) is 17.7 Å². The molecule has 0 radical (unpaired) electrons. The van der Waals surface area contributed by atoms with Crippen molar-refractivity contribution in [3.8, 4) is 0 Å². The van der Waals surface area contributed by atoms with E-state index in [2.05, 4.69) is 5.32 Å². The van der Waals surface area contributed by atoms with Crippen LogP contribution in [0.15, 0.2) is 58.0 Å². The van der Waals surface area contributed by atoms with E-state index in [1.807, 2.05) is 12.1 Å². The molecular formula is C16H20N2O4S. The van der Waals surface area contributed by atoms with Gasteiger partial charge in [-0.2, -0.15) is 4.31 Å². The van der Waals surface area contributed by atoms with Crippen molar-refractivity contribution in [1.82, 2.24) is 9.62 Å². The van der Waals surface area contributed by atoms with Gasteiger partial charge in [0.1, 0.15) is 5.76 Å². The number of benzene rings is 1. The van der Waals surface area contributed by atoms with Crippen LogP contribution in [-0.2, 0) is 21.2 Å². The van der Waals surface area contributed by atoms with Crippen molar-refractivity contribution in [3.05, 3.63) is 54.5 Å². The molecule has 0 bridgehead atoms. The predicted octanol–water partition coefficient (Wildman–Crippen LogP) is 1.65. The Bertz CT molecular complexity index is 712. The van der Waals surface area contributed by atoms with E-state index in [9.17, 15) is 13.2 Å². The van der Waals surface area contributed by atoms with E-state index in [1.165, 1.54) is 19.2 Å². The average molecular weight is 336 g/mol. The molecule has 7 heteroatoms. The smallest absolute Gasteiger partial charge is 0.243 e. The Hall–Kier alpha value is -2.12. The van der Waals surface area contributed by atoms with Crippen LogP contribution >= 0.6 is 0 Å². The van der Waals surface area contributed by atoms with Crippen LogP contribution in [0.5, 0.6) is 0 Å². The SMILES string of the molecule is CN(CC(=O)NCCCc1ccco1)S(=O)(=O)c1ccccc1. The number of sulfonamides is 1. The predicted molar refractivity (Wildman–Crippen MR) is 86.3 cm³/mol. The summed E-state index contributed by atoms with van der Waals surface area (Å²) in [6.45, 7) is 0.261. The first-order valence-corrected chi connectivity index (χ1v) is 8.74. The highest BCUT2D eigenvalue weighted by atomic mass is 32.2. The quantitative estimate of drug-likeness (QED) is 0.743. The molecule has 0 aliphatic heterocycles. The molecule has 1 N–H and O–H groups in total. The number of nitrogens with one attached hydrogen (secondary N) is 1. The molecule has 0 fully saturated rings. The van der Waals surface area contributed by atoms with Crippen molar-refractivity contribution in [2.45, 2.75) is 17.7 Å². The van der Waals surface area contributed by atoms with Gasteiger partial charge in [0.25, 0.3) is 0 Å². The Labute approximate surface area is 136 Å². The molecule has 1 aromatic heterocycles. The third-order valence-electron chi connectivity index (χ3n) is 3.32. The zero-order valence-electron chi connectivity index (χ0n) is 12.9. The molecule has 0 saturated carbocycles. The highest BCUT2D eigenvalue weighted by Crippen LogP contribution is 2.12. The lowest BCUT2D eigenvalue weighted by atomic mass is 10.2. The first kappa shape index (κ1) is 17.2. The highest BCUT2D eigenvalue weighted by molar-refractivity contribution is 7.89. The first-order valence-electron chi connectivity index (χ1n) is 7.30. The van der Waals surface area contributed by atoms with Gasteiger partial charge in [-0.25, -0.2) is 8.42 Å². The van der Waals surface area contributed by atoms with Crippen LogP contribution in [0.3, 0.4) is 0 Å². The molecule has 6 nitrogen and oxygen atoms in total. The second-order valence-electron chi connectivity index (χ2n) is 5.11. The van der Waals surface area contributed by atoms with Gasteiger partial charge in [-0.15, -0.1) is 0 Å². The Morgan fingerprint density at radius 3 is 2.57 bits per heavy atom. The summed E-state index contributed by atoms with van der Waals surface area (Å²) in [4.78, 5) is 12.0. The fourth-order valence-electron chi connectivity index (χ4n) is 2.06. The maximum Gasteiger partial charge on any atom is 0.243 e. The number of hydrogen-bond donors (Lipinski definition) is 1. The number of rotatable bonds is 8. The summed E-state index contributed by atoms with van der Waals surface area (Å²) in [5.74, 6) is 0.537. The van der Waals surface area contributed by atoms with E-state index >= 15 is 0 Å². The molecule has 0 spiro atoms. The fourth-order valence-corrected chi connectivity index (χ4v) is 3.21. The zero-order chi connectivity index (χ0) is 16.7. The number of carbonyl (C=O) groups excluding carboxylic acids is 1. The van der Waals surface area contributed by atoms with E-state index in [-0.39, 0.29) is 17.3 Å². The summed E-state index contributed by atoms with van der Waals surface area (Å²) >= 11 is 0. The summed E-state index contributed by atoms with van der Waals surface area (Å²) in [7, 11) is -2.25. The van der Waals surface area contributed by atoms with Gasteiger partial charge >= 0.3 is 0 Å². The summed E-state index contributed by atoms with van der Waals surface area (Å²) < 4.78 is 30.8. The van der Waals surface area contributed by atoms with Crippen LogP contribution in [0.25, 0.3) is 0 Å². The molecule has 0 aliphatic carbocycles. The molecular weight excluding hydrogens is 316 g/mol. The summed E-state index contributed by atoms with van der Waals surface area (Å²) in [5, 5.41) is 2.71. The molecule has 124 valence electrons. The van der Waals surface area contributed by atoms with Gasteiger partial charge in [-0.3, -0.25) is 4.79 Å². The largest absolute Gasteiger partial charge is 0.469 e. The maximum atomic E-state index is 12.3. The molecule has 2 aromatic rings. The minimum absolute atomic E-state index is 0.174. The number of aryl methyl sites for hydroxylation is 1. The van der Waals surface area contributed by atoms with Crippen molar-refractivity contribution >= 4 is 15.9 Å². The second kappa shape index (κ2) is 7.94. The van der Waals surface area contributed by atoms with E-state index < -0.39 is 10.0 Å². The van der Waals surface area contributed by atoms with Crippen LogP contribution in [0, 0.1) is 0 Å². The number of likely N-dealkylation sites (N-methyl/N-ethyl adjacent to an activating group) is 1. The zero-order valence-corrected chi connectivity index (χ0v) is 13.8. The van der Waals surface area contributed by atoms with Crippen molar-refractivity contribution in [3.63, 3.8) is 0 Å². The molecule has 1 amide bonds. The molecule has 2 rings (SSSR count). The third kappa shape index (κ3) is 4.94. The number of furan rings is 1. The second-order valence-corrected chi connectivity index (χ2v) is 7.15. The van der Waals surface area contributed by atoms with Crippen molar-refractivity contribution < 1.29 is 17.6 Å². The van der Waals surface area contributed by atoms with E-state index in [0.717, 1.165) is 22.9 Å². The number of amides is 1. The highest BCUT2D eigenvalue weighted by Gasteiger charge is 2.22. The molecule has 0 unspecified atom stereocenters. The Balaban J connectivity index is 1.78. The van der Waals surface area contributed by atoms with Gasteiger partial charge in [0, 0.05) is 20.0 Å². The summed E-state index contributed by atoms with van der Waals surface area (Å²) in [5.41, 5.74) is 0. The fraction of sp³-hybridized carbons (Fsp3) is 0.312. The molecule has 0 aliphatic rings. The molecule has 0 saturated heterocycles. The van der Waals surface area contributed by atoms with Crippen LogP contribution in [0.4, 0.5) is 0 Å². The van der Waals surface area contributed by atoms with Gasteiger partial charge in [0.2, 0.25) is 15.9 Å². The number of carbonyl (C=O) groups is 1. The van der Waals surface area contributed by atoms with Gasteiger partial charge < -0.3 is 9.73 Å². The van der Waals surface area contributed by atoms with Crippen molar-refractivity contribution in [2.75, 3.05) is 20.1 Å². The topological polar surface area (TPSA) is 79.6 Å².